The lowest BCUT2D eigenvalue weighted by Crippen LogP contribution is -2.43. The first-order valence-corrected chi connectivity index (χ1v) is 10.7. The summed E-state index contributed by atoms with van der Waals surface area (Å²) in [5.74, 6) is 1.65. The second kappa shape index (κ2) is 8.28. The molecule has 4 heteroatoms. The highest BCUT2D eigenvalue weighted by Crippen LogP contribution is 2.41. The third kappa shape index (κ3) is 4.08. The molecule has 0 radical (unpaired) electrons. The normalized spacial score (nSPS) is 25.6. The standard InChI is InChI=1S/C22H36N4/c1-3-26-17-20(14-18-6-8-23-9-7-18)21-15-19(4-5-22(21)26)16-25-12-10-24(2)11-13-25/h4-5,15,18,20,23H,3,6-14,16-17H2,1-2H3. The second-order valence-corrected chi connectivity index (χ2v) is 8.64. The van der Waals surface area contributed by atoms with Crippen molar-refractivity contribution in [2.75, 3.05) is 64.3 Å². The fraction of sp³-hybridized carbons (Fsp3) is 0.727. The van der Waals surface area contributed by atoms with Gasteiger partial charge in [0.15, 0.2) is 0 Å². The van der Waals surface area contributed by atoms with Gasteiger partial charge in [-0.15, -0.1) is 0 Å². The maximum absolute atomic E-state index is 3.52. The van der Waals surface area contributed by atoms with Crippen molar-refractivity contribution >= 4 is 5.69 Å². The number of nitrogens with one attached hydrogen (secondary N) is 1. The lowest BCUT2D eigenvalue weighted by Gasteiger charge is -2.32. The van der Waals surface area contributed by atoms with Gasteiger partial charge in [0, 0.05) is 57.4 Å². The van der Waals surface area contributed by atoms with Crippen LogP contribution in [0.25, 0.3) is 0 Å². The fourth-order valence-electron chi connectivity index (χ4n) is 5.06. The van der Waals surface area contributed by atoms with Crippen LogP contribution < -0.4 is 10.2 Å². The molecule has 0 aromatic heterocycles. The highest BCUT2D eigenvalue weighted by molar-refractivity contribution is 5.61. The summed E-state index contributed by atoms with van der Waals surface area (Å²) >= 11 is 0. The molecule has 0 aliphatic carbocycles. The van der Waals surface area contributed by atoms with Crippen LogP contribution in [0, 0.1) is 5.92 Å². The van der Waals surface area contributed by atoms with Crippen molar-refractivity contribution in [1.82, 2.24) is 15.1 Å². The topological polar surface area (TPSA) is 21.8 Å². The minimum Gasteiger partial charge on any atom is -0.371 e. The fourth-order valence-corrected chi connectivity index (χ4v) is 5.06. The summed E-state index contributed by atoms with van der Waals surface area (Å²) in [6.45, 7) is 13.0. The smallest absolute Gasteiger partial charge is 0.0402 e. The van der Waals surface area contributed by atoms with E-state index in [4.69, 9.17) is 0 Å². The Kier molecular flexibility index (Phi) is 5.82. The highest BCUT2D eigenvalue weighted by atomic mass is 15.2. The number of piperazine rings is 1. The van der Waals surface area contributed by atoms with Crippen LogP contribution in [0.4, 0.5) is 5.69 Å². The average molecular weight is 357 g/mol. The van der Waals surface area contributed by atoms with Crippen LogP contribution in [0.3, 0.4) is 0 Å². The molecule has 3 aliphatic heterocycles. The molecular weight excluding hydrogens is 320 g/mol. The Morgan fingerprint density at radius 1 is 1.08 bits per heavy atom. The summed E-state index contributed by atoms with van der Waals surface area (Å²) < 4.78 is 0. The van der Waals surface area contributed by atoms with Crippen LogP contribution in [0.15, 0.2) is 18.2 Å². The number of likely N-dealkylation sites (N-methyl/N-ethyl adjacent to an activating group) is 2. The number of fused-ring (bicyclic) bond motifs is 1. The molecule has 1 atom stereocenters. The number of benzene rings is 1. The van der Waals surface area contributed by atoms with Crippen LogP contribution in [0.2, 0.25) is 0 Å². The van der Waals surface area contributed by atoms with Crippen molar-refractivity contribution < 1.29 is 0 Å². The van der Waals surface area contributed by atoms with Crippen molar-refractivity contribution in [1.29, 1.82) is 0 Å². The summed E-state index contributed by atoms with van der Waals surface area (Å²) in [5.41, 5.74) is 4.66. The van der Waals surface area contributed by atoms with E-state index in [1.165, 1.54) is 76.3 Å². The van der Waals surface area contributed by atoms with Gasteiger partial charge in [-0.25, -0.2) is 0 Å². The molecule has 2 saturated heterocycles. The molecule has 4 nitrogen and oxygen atoms in total. The number of hydrogen-bond donors (Lipinski definition) is 1. The average Bonchev–Trinajstić information content (AvgIpc) is 3.01. The van der Waals surface area contributed by atoms with Crippen LogP contribution in [-0.4, -0.2) is 69.2 Å². The first kappa shape index (κ1) is 18.3. The van der Waals surface area contributed by atoms with E-state index < -0.39 is 0 Å². The van der Waals surface area contributed by atoms with E-state index in [1.54, 1.807) is 5.56 Å². The summed E-state index contributed by atoms with van der Waals surface area (Å²) in [7, 11) is 2.23. The Labute approximate surface area is 159 Å². The number of nitrogens with zero attached hydrogens (tertiary/aromatic N) is 3. The Morgan fingerprint density at radius 2 is 1.85 bits per heavy atom. The largest absolute Gasteiger partial charge is 0.371 e. The van der Waals surface area contributed by atoms with Crippen molar-refractivity contribution in [2.24, 2.45) is 5.92 Å². The van der Waals surface area contributed by atoms with Crippen molar-refractivity contribution in [3.8, 4) is 0 Å². The van der Waals surface area contributed by atoms with E-state index in [-0.39, 0.29) is 0 Å². The summed E-state index contributed by atoms with van der Waals surface area (Å²) in [6.07, 6.45) is 4.10. The van der Waals surface area contributed by atoms with Crippen molar-refractivity contribution in [2.45, 2.75) is 38.6 Å². The second-order valence-electron chi connectivity index (χ2n) is 8.64. The Hall–Kier alpha value is -1.10. The number of hydrogen-bond acceptors (Lipinski definition) is 4. The molecule has 1 N–H and O–H groups in total. The van der Waals surface area contributed by atoms with Gasteiger partial charge in [0.05, 0.1) is 0 Å². The lowest BCUT2D eigenvalue weighted by atomic mass is 9.85. The molecule has 1 aromatic carbocycles. The SMILES string of the molecule is CCN1CC(CC2CCNCC2)c2cc(CN3CCN(C)CC3)ccc21. The van der Waals surface area contributed by atoms with Gasteiger partial charge >= 0.3 is 0 Å². The van der Waals surface area contributed by atoms with Crippen LogP contribution in [0.5, 0.6) is 0 Å². The molecule has 2 fully saturated rings. The van der Waals surface area contributed by atoms with Crippen molar-refractivity contribution in [3.05, 3.63) is 29.3 Å². The molecule has 3 heterocycles. The maximum atomic E-state index is 3.52. The monoisotopic (exact) mass is 356 g/mol. The van der Waals surface area contributed by atoms with Gasteiger partial charge in [0.25, 0.3) is 0 Å². The van der Waals surface area contributed by atoms with E-state index in [2.05, 4.69) is 52.2 Å². The molecule has 26 heavy (non-hydrogen) atoms. The zero-order valence-corrected chi connectivity index (χ0v) is 16.7. The van der Waals surface area contributed by atoms with E-state index >= 15 is 0 Å². The van der Waals surface area contributed by atoms with Gasteiger partial charge in [0.1, 0.15) is 0 Å². The van der Waals surface area contributed by atoms with E-state index in [0.29, 0.717) is 0 Å². The Balaban J connectivity index is 1.47. The zero-order chi connectivity index (χ0) is 17.9. The van der Waals surface area contributed by atoms with Crippen LogP contribution >= 0.6 is 0 Å². The molecule has 0 bridgehead atoms. The maximum Gasteiger partial charge on any atom is 0.0402 e. The van der Waals surface area contributed by atoms with Gasteiger partial charge < -0.3 is 15.1 Å². The van der Waals surface area contributed by atoms with E-state index in [1.807, 2.05) is 0 Å². The zero-order valence-electron chi connectivity index (χ0n) is 16.7. The first-order chi connectivity index (χ1) is 12.7. The number of anilines is 1. The summed E-state index contributed by atoms with van der Waals surface area (Å²) in [6, 6.07) is 7.34. The van der Waals surface area contributed by atoms with Gasteiger partial charge in [0.2, 0.25) is 0 Å². The number of piperidine rings is 1. The van der Waals surface area contributed by atoms with E-state index in [9.17, 15) is 0 Å². The predicted octanol–water partition coefficient (Wildman–Crippen LogP) is 2.75. The van der Waals surface area contributed by atoms with Crippen LogP contribution in [0.1, 0.15) is 43.2 Å². The van der Waals surface area contributed by atoms with Crippen LogP contribution in [-0.2, 0) is 6.54 Å². The molecule has 3 aliphatic rings. The predicted molar refractivity (Wildman–Crippen MR) is 110 cm³/mol. The summed E-state index contributed by atoms with van der Waals surface area (Å²) in [4.78, 5) is 7.66. The quantitative estimate of drug-likeness (QED) is 0.876. The number of rotatable bonds is 5. The minimum atomic E-state index is 0.737. The van der Waals surface area contributed by atoms with Gasteiger partial charge in [-0.05, 0) is 69.4 Å². The minimum absolute atomic E-state index is 0.737. The lowest BCUT2D eigenvalue weighted by molar-refractivity contribution is 0.148. The van der Waals surface area contributed by atoms with E-state index in [0.717, 1.165) is 24.9 Å². The third-order valence-electron chi connectivity index (χ3n) is 6.77. The highest BCUT2D eigenvalue weighted by Gasteiger charge is 2.30. The molecule has 0 spiro atoms. The molecule has 4 rings (SSSR count). The summed E-state index contributed by atoms with van der Waals surface area (Å²) in [5, 5.41) is 3.52. The Bertz CT molecular complexity index is 588. The van der Waals surface area contributed by atoms with Gasteiger partial charge in [-0.1, -0.05) is 12.1 Å². The van der Waals surface area contributed by atoms with Crippen molar-refractivity contribution in [3.63, 3.8) is 0 Å². The molecule has 1 unspecified atom stereocenters. The molecule has 144 valence electrons. The third-order valence-corrected chi connectivity index (χ3v) is 6.77. The molecule has 1 aromatic rings. The first-order valence-electron chi connectivity index (χ1n) is 10.7. The Morgan fingerprint density at radius 3 is 2.58 bits per heavy atom. The molecular formula is C22H36N4. The van der Waals surface area contributed by atoms with Gasteiger partial charge in [-0.2, -0.15) is 0 Å². The molecule has 0 amide bonds. The van der Waals surface area contributed by atoms with Gasteiger partial charge in [-0.3, -0.25) is 4.90 Å². The molecule has 0 saturated carbocycles.